The first-order valence-corrected chi connectivity index (χ1v) is 8.62. The van der Waals surface area contributed by atoms with Crippen molar-refractivity contribution in [2.24, 2.45) is 0 Å². The fraction of sp³-hybridized carbons (Fsp3) is 0.824. The molecule has 0 aromatic heterocycles. The van der Waals surface area contributed by atoms with Crippen LogP contribution in [0.1, 0.15) is 59.3 Å². The van der Waals surface area contributed by atoms with Crippen LogP contribution in [-0.4, -0.2) is 53.7 Å². The van der Waals surface area contributed by atoms with Gasteiger partial charge < -0.3 is 19.7 Å². The summed E-state index contributed by atoms with van der Waals surface area (Å²) in [5, 5.41) is 2.68. The summed E-state index contributed by atoms with van der Waals surface area (Å²) in [4.78, 5) is 38.6. The molecule has 2 rings (SSSR count). The predicted molar refractivity (Wildman–Crippen MR) is 87.3 cm³/mol. The average Bonchev–Trinajstić information content (AvgIpc) is 2.88. The average molecular weight is 340 g/mol. The Labute approximate surface area is 143 Å². The zero-order valence-corrected chi connectivity index (χ0v) is 15.0. The van der Waals surface area contributed by atoms with Crippen molar-refractivity contribution >= 4 is 18.0 Å². The van der Waals surface area contributed by atoms with E-state index in [9.17, 15) is 14.4 Å². The molecule has 0 saturated carbocycles. The van der Waals surface area contributed by atoms with Crippen molar-refractivity contribution in [3.63, 3.8) is 0 Å². The van der Waals surface area contributed by atoms with E-state index >= 15 is 0 Å². The summed E-state index contributed by atoms with van der Waals surface area (Å²) < 4.78 is 10.1. The highest BCUT2D eigenvalue weighted by Crippen LogP contribution is 2.31. The van der Waals surface area contributed by atoms with Gasteiger partial charge in [-0.3, -0.25) is 4.79 Å². The van der Waals surface area contributed by atoms with Crippen LogP contribution in [-0.2, 0) is 19.1 Å². The van der Waals surface area contributed by atoms with Crippen molar-refractivity contribution in [3.05, 3.63) is 0 Å². The van der Waals surface area contributed by atoms with Gasteiger partial charge in [-0.05, 0) is 46.5 Å². The van der Waals surface area contributed by atoms with Crippen LogP contribution in [0.25, 0.3) is 0 Å². The zero-order chi connectivity index (χ0) is 17.9. The zero-order valence-electron chi connectivity index (χ0n) is 15.0. The van der Waals surface area contributed by atoms with Crippen molar-refractivity contribution in [2.45, 2.75) is 83.0 Å². The number of carbonyl (C=O) groups is 3. The van der Waals surface area contributed by atoms with Gasteiger partial charge in [-0.15, -0.1) is 0 Å². The smallest absolute Gasteiger partial charge is 0.408 e. The minimum absolute atomic E-state index is 0.0461. The minimum atomic E-state index is -0.659. The number of amides is 2. The third-order valence-corrected chi connectivity index (χ3v) is 4.50. The summed E-state index contributed by atoms with van der Waals surface area (Å²) in [5.74, 6) is -0.596. The van der Waals surface area contributed by atoms with E-state index < -0.39 is 23.8 Å². The molecule has 1 N–H and O–H groups in total. The van der Waals surface area contributed by atoms with E-state index in [1.807, 2.05) is 0 Å². The number of nitrogens with zero attached hydrogens (tertiary/aromatic N) is 1. The Morgan fingerprint density at radius 3 is 2.42 bits per heavy atom. The maximum absolute atomic E-state index is 13.0. The summed E-state index contributed by atoms with van der Waals surface area (Å²) in [6.45, 7) is 5.32. The van der Waals surface area contributed by atoms with Gasteiger partial charge in [0.1, 0.15) is 17.7 Å². The molecule has 7 heteroatoms. The highest BCUT2D eigenvalue weighted by molar-refractivity contribution is 5.90. The molecule has 2 aliphatic heterocycles. The normalized spacial score (nSPS) is 27.8. The fourth-order valence-corrected chi connectivity index (χ4v) is 3.48. The molecule has 2 saturated heterocycles. The van der Waals surface area contributed by atoms with Crippen LogP contribution in [0.3, 0.4) is 0 Å². The van der Waals surface area contributed by atoms with Gasteiger partial charge in [0.25, 0.3) is 0 Å². The summed E-state index contributed by atoms with van der Waals surface area (Å²) in [5.41, 5.74) is -0.626. The summed E-state index contributed by atoms with van der Waals surface area (Å²) in [6, 6.07) is -1.16. The molecule has 0 aromatic rings. The largest absolute Gasteiger partial charge is 0.467 e. The lowest BCUT2D eigenvalue weighted by Gasteiger charge is -2.34. The first-order chi connectivity index (χ1) is 11.2. The monoisotopic (exact) mass is 340 g/mol. The van der Waals surface area contributed by atoms with Crippen molar-refractivity contribution in [1.29, 1.82) is 0 Å². The molecule has 3 atom stereocenters. The van der Waals surface area contributed by atoms with E-state index in [-0.39, 0.29) is 17.9 Å². The van der Waals surface area contributed by atoms with Crippen LogP contribution in [0, 0.1) is 0 Å². The lowest BCUT2D eigenvalue weighted by Crippen LogP contribution is -2.55. The molecule has 24 heavy (non-hydrogen) atoms. The molecule has 136 valence electrons. The number of rotatable bonds is 2. The molecule has 2 heterocycles. The van der Waals surface area contributed by atoms with Crippen LogP contribution in [0.2, 0.25) is 0 Å². The maximum atomic E-state index is 13.0. The molecule has 0 aliphatic carbocycles. The second-order valence-corrected chi connectivity index (χ2v) is 7.50. The van der Waals surface area contributed by atoms with Gasteiger partial charge in [-0.25, -0.2) is 9.59 Å². The molecular formula is C17H28N2O5. The van der Waals surface area contributed by atoms with Gasteiger partial charge >= 0.3 is 12.1 Å². The molecule has 0 spiro atoms. The summed E-state index contributed by atoms with van der Waals surface area (Å²) in [6.07, 6.45) is 4.07. The van der Waals surface area contributed by atoms with Crippen LogP contribution in [0.5, 0.6) is 0 Å². The van der Waals surface area contributed by atoms with Crippen molar-refractivity contribution in [3.8, 4) is 0 Å². The number of hydrogen-bond donors (Lipinski definition) is 1. The molecule has 2 aliphatic rings. The Bertz CT molecular complexity index is 500. The molecule has 0 aromatic carbocycles. The highest BCUT2D eigenvalue weighted by Gasteiger charge is 2.44. The Morgan fingerprint density at radius 1 is 1.12 bits per heavy atom. The minimum Gasteiger partial charge on any atom is -0.467 e. The van der Waals surface area contributed by atoms with E-state index in [1.165, 1.54) is 7.11 Å². The SMILES string of the molecule is COC(=O)C1CCC2CCCCC(NC(=O)OC(C)(C)C)C(=O)N21. The summed E-state index contributed by atoms with van der Waals surface area (Å²) >= 11 is 0. The maximum Gasteiger partial charge on any atom is 0.408 e. The van der Waals surface area contributed by atoms with Gasteiger partial charge in [-0.2, -0.15) is 0 Å². The van der Waals surface area contributed by atoms with Crippen molar-refractivity contribution in [1.82, 2.24) is 10.2 Å². The Balaban J connectivity index is 2.12. The number of nitrogens with one attached hydrogen (secondary N) is 1. The quantitative estimate of drug-likeness (QED) is 0.777. The molecule has 0 radical (unpaired) electrons. The van der Waals surface area contributed by atoms with Crippen LogP contribution in [0.4, 0.5) is 4.79 Å². The predicted octanol–water partition coefficient (Wildman–Crippen LogP) is 1.99. The van der Waals surface area contributed by atoms with Crippen LogP contribution >= 0.6 is 0 Å². The van der Waals surface area contributed by atoms with Crippen LogP contribution < -0.4 is 5.32 Å². The molecule has 2 amide bonds. The second-order valence-electron chi connectivity index (χ2n) is 7.50. The highest BCUT2D eigenvalue weighted by atomic mass is 16.6. The Hall–Kier alpha value is -1.79. The molecule has 2 fully saturated rings. The second kappa shape index (κ2) is 7.40. The number of alkyl carbamates (subject to hydrolysis) is 1. The molecule has 7 nitrogen and oxygen atoms in total. The lowest BCUT2D eigenvalue weighted by molar-refractivity contribution is -0.153. The molecule has 0 bridgehead atoms. The number of methoxy groups -OCH3 is 1. The first-order valence-electron chi connectivity index (χ1n) is 8.62. The van der Waals surface area contributed by atoms with Gasteiger partial charge in [0.15, 0.2) is 0 Å². The van der Waals surface area contributed by atoms with E-state index in [4.69, 9.17) is 9.47 Å². The van der Waals surface area contributed by atoms with E-state index in [0.717, 1.165) is 25.7 Å². The molecule has 3 unspecified atom stereocenters. The third kappa shape index (κ3) is 4.39. The van der Waals surface area contributed by atoms with Gasteiger partial charge in [0.05, 0.1) is 7.11 Å². The topological polar surface area (TPSA) is 84.9 Å². The number of esters is 1. The number of carbonyl (C=O) groups excluding carboxylic acids is 3. The third-order valence-electron chi connectivity index (χ3n) is 4.50. The molecular weight excluding hydrogens is 312 g/mol. The van der Waals surface area contributed by atoms with Gasteiger partial charge in [0, 0.05) is 6.04 Å². The number of ether oxygens (including phenoxy) is 2. The standard InChI is InChI=1S/C17H28N2O5/c1-17(2,3)24-16(22)18-12-8-6-5-7-11-9-10-13(15(21)23-4)19(11)14(12)20/h11-13H,5-10H2,1-4H3,(H,18,22). The van der Waals surface area contributed by atoms with E-state index in [0.29, 0.717) is 12.8 Å². The van der Waals surface area contributed by atoms with Crippen molar-refractivity contribution in [2.75, 3.05) is 7.11 Å². The fourth-order valence-electron chi connectivity index (χ4n) is 3.48. The van der Waals surface area contributed by atoms with Gasteiger partial charge in [-0.1, -0.05) is 12.8 Å². The number of fused-ring (bicyclic) bond motifs is 1. The van der Waals surface area contributed by atoms with Crippen molar-refractivity contribution < 1.29 is 23.9 Å². The Kier molecular flexibility index (Phi) is 5.72. The Morgan fingerprint density at radius 2 is 1.79 bits per heavy atom. The number of hydrogen-bond acceptors (Lipinski definition) is 5. The first kappa shape index (κ1) is 18.5. The van der Waals surface area contributed by atoms with E-state index in [2.05, 4.69) is 5.32 Å². The summed E-state index contributed by atoms with van der Waals surface area (Å²) in [7, 11) is 1.33. The lowest BCUT2D eigenvalue weighted by atomic mass is 9.99. The van der Waals surface area contributed by atoms with Gasteiger partial charge in [0.2, 0.25) is 5.91 Å². The van der Waals surface area contributed by atoms with E-state index in [1.54, 1.807) is 25.7 Å². The van der Waals surface area contributed by atoms with Crippen LogP contribution in [0.15, 0.2) is 0 Å².